The average Bonchev–Trinajstić information content (AvgIpc) is 2.80. The molecule has 1 fully saturated rings. The molecule has 0 amide bonds. The van der Waals surface area contributed by atoms with Gasteiger partial charge in [0.15, 0.2) is 11.5 Å². The molecule has 6 nitrogen and oxygen atoms in total. The highest BCUT2D eigenvalue weighted by Crippen LogP contribution is 2.32. The van der Waals surface area contributed by atoms with Crippen LogP contribution in [0, 0.1) is 0 Å². The Hall–Kier alpha value is -2.70. The van der Waals surface area contributed by atoms with Crippen LogP contribution in [0.15, 0.2) is 48.8 Å². The van der Waals surface area contributed by atoms with Gasteiger partial charge < -0.3 is 19.3 Å². The molecule has 1 aromatic heterocycles. The Labute approximate surface area is 186 Å². The summed E-state index contributed by atoms with van der Waals surface area (Å²) >= 11 is 12.2. The van der Waals surface area contributed by atoms with Gasteiger partial charge in [0, 0.05) is 37.4 Å². The Morgan fingerprint density at radius 3 is 2.23 bits per heavy atom. The van der Waals surface area contributed by atoms with E-state index in [1.165, 1.54) is 0 Å². The van der Waals surface area contributed by atoms with Crippen molar-refractivity contribution in [3.8, 4) is 22.8 Å². The van der Waals surface area contributed by atoms with Crippen LogP contribution in [-0.2, 0) is 0 Å². The number of methoxy groups -OCH3 is 2. The summed E-state index contributed by atoms with van der Waals surface area (Å²) in [5.41, 5.74) is 2.80. The lowest BCUT2D eigenvalue weighted by atomic mass is 10.1. The lowest BCUT2D eigenvalue weighted by Gasteiger charge is -2.36. The normalized spacial score (nSPS) is 14.0. The number of ether oxygens (including phenoxy) is 2. The Kier molecular flexibility index (Phi) is 6.16. The van der Waals surface area contributed by atoms with Gasteiger partial charge in [-0.25, -0.2) is 4.98 Å². The van der Waals surface area contributed by atoms with Crippen LogP contribution in [-0.4, -0.2) is 50.4 Å². The zero-order chi connectivity index (χ0) is 21.1. The molecule has 2 heterocycles. The van der Waals surface area contributed by atoms with Crippen molar-refractivity contribution in [3.63, 3.8) is 0 Å². The number of hydrogen-bond donors (Lipinski definition) is 0. The fourth-order valence-electron chi connectivity index (χ4n) is 3.52. The maximum absolute atomic E-state index is 6.17. The number of piperazine rings is 1. The van der Waals surface area contributed by atoms with E-state index in [0.29, 0.717) is 21.5 Å². The molecule has 156 valence electrons. The average molecular weight is 445 g/mol. The van der Waals surface area contributed by atoms with E-state index in [-0.39, 0.29) is 0 Å². The van der Waals surface area contributed by atoms with Crippen LogP contribution in [0.4, 0.5) is 11.5 Å². The first-order valence-electron chi connectivity index (χ1n) is 9.58. The molecule has 0 unspecified atom stereocenters. The lowest BCUT2D eigenvalue weighted by molar-refractivity contribution is 0.355. The summed E-state index contributed by atoms with van der Waals surface area (Å²) in [5.74, 6) is 2.21. The van der Waals surface area contributed by atoms with Crippen molar-refractivity contribution in [2.75, 3.05) is 50.2 Å². The summed E-state index contributed by atoms with van der Waals surface area (Å²) in [5, 5.41) is 1.14. The first-order chi connectivity index (χ1) is 14.6. The molecule has 0 saturated carbocycles. The molecule has 1 aliphatic heterocycles. The van der Waals surface area contributed by atoms with Crippen LogP contribution >= 0.6 is 23.2 Å². The van der Waals surface area contributed by atoms with Crippen molar-refractivity contribution in [3.05, 3.63) is 58.8 Å². The minimum atomic E-state index is 0.571. The molecule has 0 aliphatic carbocycles. The predicted molar refractivity (Wildman–Crippen MR) is 121 cm³/mol. The minimum absolute atomic E-state index is 0.571. The highest BCUT2D eigenvalue weighted by atomic mass is 35.5. The van der Waals surface area contributed by atoms with E-state index in [0.717, 1.165) is 48.9 Å². The van der Waals surface area contributed by atoms with E-state index in [1.54, 1.807) is 26.6 Å². The first-order valence-corrected chi connectivity index (χ1v) is 10.3. The standard InChI is InChI=1S/C22H22Cl2N4O2/c1-29-20-6-3-15(11-21(20)30-2)19-13-25-14-22(26-19)28-9-7-27(8-10-28)16-4-5-17(23)18(24)12-16/h3-6,11-14H,7-10H2,1-2H3. The molecule has 3 aromatic rings. The molecule has 4 rings (SSSR count). The zero-order valence-corrected chi connectivity index (χ0v) is 18.3. The second kappa shape index (κ2) is 8.98. The number of nitrogens with zero attached hydrogens (tertiary/aromatic N) is 4. The van der Waals surface area contributed by atoms with Gasteiger partial charge in [-0.05, 0) is 36.4 Å². The van der Waals surface area contributed by atoms with Gasteiger partial charge in [0.25, 0.3) is 0 Å². The zero-order valence-electron chi connectivity index (χ0n) is 16.8. The van der Waals surface area contributed by atoms with E-state index in [1.807, 2.05) is 36.4 Å². The molecule has 2 aromatic carbocycles. The first kappa shape index (κ1) is 20.6. The maximum Gasteiger partial charge on any atom is 0.161 e. The Balaban J connectivity index is 1.49. The van der Waals surface area contributed by atoms with Gasteiger partial charge in [0.05, 0.1) is 42.4 Å². The van der Waals surface area contributed by atoms with Gasteiger partial charge in [-0.3, -0.25) is 4.98 Å². The van der Waals surface area contributed by atoms with Crippen LogP contribution in [0.1, 0.15) is 0 Å². The topological polar surface area (TPSA) is 50.7 Å². The number of aromatic nitrogens is 2. The minimum Gasteiger partial charge on any atom is -0.493 e. The van der Waals surface area contributed by atoms with Crippen LogP contribution in [0.25, 0.3) is 11.3 Å². The maximum atomic E-state index is 6.17. The largest absolute Gasteiger partial charge is 0.493 e. The summed E-state index contributed by atoms with van der Waals surface area (Å²) < 4.78 is 10.7. The van der Waals surface area contributed by atoms with Crippen LogP contribution in [0.3, 0.4) is 0 Å². The number of anilines is 2. The Morgan fingerprint density at radius 1 is 0.800 bits per heavy atom. The second-order valence-electron chi connectivity index (χ2n) is 6.90. The fraction of sp³-hybridized carbons (Fsp3) is 0.273. The van der Waals surface area contributed by atoms with E-state index < -0.39 is 0 Å². The molecule has 1 aliphatic rings. The van der Waals surface area contributed by atoms with Crippen molar-refractivity contribution >= 4 is 34.7 Å². The number of hydrogen-bond acceptors (Lipinski definition) is 6. The quantitative estimate of drug-likeness (QED) is 0.563. The van der Waals surface area contributed by atoms with Gasteiger partial charge in [0.2, 0.25) is 0 Å². The molecular weight excluding hydrogens is 423 g/mol. The van der Waals surface area contributed by atoms with Crippen molar-refractivity contribution < 1.29 is 9.47 Å². The van der Waals surface area contributed by atoms with Crippen LogP contribution < -0.4 is 19.3 Å². The smallest absolute Gasteiger partial charge is 0.161 e. The summed E-state index contributed by atoms with van der Waals surface area (Å²) in [6.07, 6.45) is 3.57. The summed E-state index contributed by atoms with van der Waals surface area (Å²) in [6, 6.07) is 11.5. The van der Waals surface area contributed by atoms with Crippen LogP contribution in [0.2, 0.25) is 10.0 Å². The Morgan fingerprint density at radius 2 is 1.53 bits per heavy atom. The van der Waals surface area contributed by atoms with Crippen molar-refractivity contribution in [2.45, 2.75) is 0 Å². The van der Waals surface area contributed by atoms with Gasteiger partial charge in [-0.2, -0.15) is 0 Å². The number of benzene rings is 2. The molecule has 0 spiro atoms. The molecular formula is C22H22Cl2N4O2. The van der Waals surface area contributed by atoms with E-state index in [4.69, 9.17) is 37.7 Å². The third-order valence-electron chi connectivity index (χ3n) is 5.17. The fourth-order valence-corrected chi connectivity index (χ4v) is 3.81. The summed E-state index contributed by atoms with van der Waals surface area (Å²) in [6.45, 7) is 3.40. The molecule has 30 heavy (non-hydrogen) atoms. The molecule has 0 bridgehead atoms. The monoisotopic (exact) mass is 444 g/mol. The molecule has 8 heteroatoms. The lowest BCUT2D eigenvalue weighted by Crippen LogP contribution is -2.46. The molecule has 0 atom stereocenters. The van der Waals surface area contributed by atoms with E-state index >= 15 is 0 Å². The van der Waals surface area contributed by atoms with Crippen LogP contribution in [0.5, 0.6) is 11.5 Å². The second-order valence-corrected chi connectivity index (χ2v) is 7.72. The van der Waals surface area contributed by atoms with Gasteiger partial charge in [-0.1, -0.05) is 23.2 Å². The van der Waals surface area contributed by atoms with E-state index in [2.05, 4.69) is 14.8 Å². The molecule has 1 saturated heterocycles. The number of halogens is 2. The summed E-state index contributed by atoms with van der Waals surface area (Å²) in [4.78, 5) is 13.8. The van der Waals surface area contributed by atoms with E-state index in [9.17, 15) is 0 Å². The van der Waals surface area contributed by atoms with Gasteiger partial charge in [-0.15, -0.1) is 0 Å². The molecule has 0 N–H and O–H groups in total. The predicted octanol–water partition coefficient (Wildman–Crippen LogP) is 4.79. The van der Waals surface area contributed by atoms with Crippen molar-refractivity contribution in [2.24, 2.45) is 0 Å². The van der Waals surface area contributed by atoms with Crippen molar-refractivity contribution in [1.82, 2.24) is 9.97 Å². The van der Waals surface area contributed by atoms with Crippen molar-refractivity contribution in [1.29, 1.82) is 0 Å². The Bertz CT molecular complexity index is 1040. The van der Waals surface area contributed by atoms with Gasteiger partial charge in [0.1, 0.15) is 5.82 Å². The highest BCUT2D eigenvalue weighted by molar-refractivity contribution is 6.42. The molecule has 0 radical (unpaired) electrons. The third kappa shape index (κ3) is 4.25. The number of rotatable bonds is 5. The third-order valence-corrected chi connectivity index (χ3v) is 5.91. The highest BCUT2D eigenvalue weighted by Gasteiger charge is 2.20. The van der Waals surface area contributed by atoms with Gasteiger partial charge >= 0.3 is 0 Å². The SMILES string of the molecule is COc1ccc(-c2cncc(N3CCN(c4ccc(Cl)c(Cl)c4)CC3)n2)cc1OC. The summed E-state index contributed by atoms with van der Waals surface area (Å²) in [7, 11) is 3.24.